The molecule has 0 bridgehead atoms. The Kier molecular flexibility index (Phi) is 5.88. The zero-order valence-electron chi connectivity index (χ0n) is 14.5. The van der Waals surface area contributed by atoms with Crippen LogP contribution in [-0.2, 0) is 0 Å². The van der Waals surface area contributed by atoms with E-state index < -0.39 is 0 Å². The van der Waals surface area contributed by atoms with Crippen LogP contribution in [0.3, 0.4) is 0 Å². The van der Waals surface area contributed by atoms with Crippen molar-refractivity contribution in [1.29, 1.82) is 0 Å². The quantitative estimate of drug-likeness (QED) is 0.598. The summed E-state index contributed by atoms with van der Waals surface area (Å²) in [6, 6.07) is 5.95. The molecule has 0 spiro atoms. The summed E-state index contributed by atoms with van der Waals surface area (Å²) in [5.74, 6) is 0.792. The normalized spacial score (nSPS) is 15.1. The molecule has 0 saturated heterocycles. The van der Waals surface area contributed by atoms with Gasteiger partial charge in [0.05, 0.1) is 36.6 Å². The third-order valence-corrected chi connectivity index (χ3v) is 4.25. The number of allylic oxidation sites excluding steroid dienone is 2. The summed E-state index contributed by atoms with van der Waals surface area (Å²) in [6.07, 6.45) is 12.6. The van der Waals surface area contributed by atoms with Gasteiger partial charge in [-0.05, 0) is 49.6 Å². The van der Waals surface area contributed by atoms with Gasteiger partial charge < -0.3 is 14.7 Å². The smallest absolute Gasteiger partial charge is 0.144 e. The van der Waals surface area contributed by atoms with E-state index in [1.54, 1.807) is 7.11 Å². The van der Waals surface area contributed by atoms with Crippen molar-refractivity contribution in [2.45, 2.75) is 32.1 Å². The highest BCUT2D eigenvalue weighted by Gasteiger charge is 2.11. The number of H-pyrrole nitrogens is 2. The second-order valence-electron chi connectivity index (χ2n) is 6.11. The average Bonchev–Trinajstić information content (AvgIpc) is 3.35. The molecule has 132 valence electrons. The van der Waals surface area contributed by atoms with Crippen LogP contribution < -0.4 is 4.74 Å². The molecule has 2 aromatic heterocycles. The number of aliphatic imine (C=N–C) groups is 1. The van der Waals surface area contributed by atoms with Gasteiger partial charge in [0, 0.05) is 18.0 Å². The molecule has 0 radical (unpaired) electrons. The van der Waals surface area contributed by atoms with Crippen LogP contribution in [0, 0.1) is 0 Å². The molecule has 1 aliphatic rings. The highest BCUT2D eigenvalue weighted by Crippen LogP contribution is 2.29. The summed E-state index contributed by atoms with van der Waals surface area (Å²) < 4.78 is 17.5. The van der Waals surface area contributed by atoms with Crippen LogP contribution in [0.25, 0.3) is 17.5 Å². The molecule has 0 atom stereocenters. The summed E-state index contributed by atoms with van der Waals surface area (Å²) in [4.78, 5) is 11.2. The number of aromatic amines is 2. The molecular weight excluding hydrogens is 317 g/mol. The first-order valence-corrected chi connectivity index (χ1v) is 8.74. The van der Waals surface area contributed by atoms with Gasteiger partial charge in [0.15, 0.2) is 0 Å². The molecule has 0 aromatic carbocycles. The van der Waals surface area contributed by atoms with Crippen LogP contribution >= 0.6 is 0 Å². The second-order valence-corrected chi connectivity index (χ2v) is 6.11. The topological polar surface area (TPSA) is 53.2 Å². The maximum atomic E-state index is 12.1. The minimum atomic E-state index is -0.212. The van der Waals surface area contributed by atoms with Gasteiger partial charge in [-0.3, -0.25) is 9.38 Å². The highest BCUT2D eigenvalue weighted by atomic mass is 19.1. The Balaban J connectivity index is 1.66. The molecule has 2 N–H and O–H groups in total. The number of unbranched alkanes of at least 4 members (excludes halogenated alkanes) is 3. The van der Waals surface area contributed by atoms with Gasteiger partial charge in [-0.15, -0.1) is 0 Å². The van der Waals surface area contributed by atoms with E-state index in [9.17, 15) is 4.39 Å². The lowest BCUT2D eigenvalue weighted by molar-refractivity contribution is 0.414. The number of nitrogens with one attached hydrogen (secondary N) is 2. The first-order valence-electron chi connectivity index (χ1n) is 8.74. The Morgan fingerprint density at radius 3 is 2.80 bits per heavy atom. The van der Waals surface area contributed by atoms with E-state index in [1.165, 1.54) is 0 Å². The third kappa shape index (κ3) is 4.50. The van der Waals surface area contributed by atoms with Gasteiger partial charge in [0.2, 0.25) is 0 Å². The Morgan fingerprint density at radius 1 is 1.16 bits per heavy atom. The molecular formula is C20H24FN3O. The van der Waals surface area contributed by atoms with E-state index in [-0.39, 0.29) is 6.67 Å². The number of nitrogens with zero attached hydrogens (tertiary/aromatic N) is 1. The number of halogens is 1. The minimum absolute atomic E-state index is 0.212. The van der Waals surface area contributed by atoms with E-state index in [4.69, 9.17) is 4.74 Å². The van der Waals surface area contributed by atoms with Crippen molar-refractivity contribution in [3.8, 4) is 17.1 Å². The Bertz CT molecular complexity index is 769. The Labute approximate surface area is 147 Å². The molecule has 5 heteroatoms. The predicted molar refractivity (Wildman–Crippen MR) is 101 cm³/mol. The molecule has 3 rings (SSSR count). The van der Waals surface area contributed by atoms with Crippen LogP contribution in [0.2, 0.25) is 0 Å². The lowest BCUT2D eigenvalue weighted by atomic mass is 10.1. The lowest BCUT2D eigenvalue weighted by Crippen LogP contribution is -1.90. The minimum Gasteiger partial charge on any atom is -0.494 e. The zero-order valence-corrected chi connectivity index (χ0v) is 14.5. The van der Waals surface area contributed by atoms with Crippen LogP contribution in [0.4, 0.5) is 4.39 Å². The molecule has 1 aliphatic heterocycles. The predicted octanol–water partition coefficient (Wildman–Crippen LogP) is 5.29. The summed E-state index contributed by atoms with van der Waals surface area (Å²) >= 11 is 0. The van der Waals surface area contributed by atoms with Crippen molar-refractivity contribution in [2.24, 2.45) is 4.99 Å². The monoisotopic (exact) mass is 341 g/mol. The number of ether oxygens (including phenoxy) is 1. The molecule has 3 heterocycles. The van der Waals surface area contributed by atoms with E-state index in [1.807, 2.05) is 36.5 Å². The molecule has 25 heavy (non-hydrogen) atoms. The summed E-state index contributed by atoms with van der Waals surface area (Å²) in [5.41, 5.74) is 4.90. The number of alkyl halides is 1. The maximum absolute atomic E-state index is 12.1. The lowest BCUT2D eigenvalue weighted by Gasteiger charge is -1.99. The Hall–Kier alpha value is -2.56. The number of rotatable bonds is 9. The van der Waals surface area contributed by atoms with Gasteiger partial charge >= 0.3 is 0 Å². The van der Waals surface area contributed by atoms with Gasteiger partial charge in [0.25, 0.3) is 0 Å². The standard InChI is InChI=1S/C20H24FN3O/c1-25-20-14-18(17-8-6-12-22-17)24-19(20)13-16-10-9-15(23-16)7-4-2-3-5-11-21/h6,8-10,12-14,22,24H,2-5,7,11H2,1H3. The van der Waals surface area contributed by atoms with Crippen molar-refractivity contribution in [3.05, 3.63) is 47.9 Å². The van der Waals surface area contributed by atoms with Crippen LogP contribution in [0.15, 0.2) is 47.2 Å². The van der Waals surface area contributed by atoms with Crippen LogP contribution in [-0.4, -0.2) is 29.5 Å². The zero-order chi connectivity index (χ0) is 17.5. The summed E-state index contributed by atoms with van der Waals surface area (Å²) in [5, 5.41) is 0. The summed E-state index contributed by atoms with van der Waals surface area (Å²) in [6.45, 7) is -0.212. The van der Waals surface area contributed by atoms with Crippen molar-refractivity contribution in [3.63, 3.8) is 0 Å². The molecule has 4 nitrogen and oxygen atoms in total. The molecule has 0 saturated carbocycles. The summed E-state index contributed by atoms with van der Waals surface area (Å²) in [7, 11) is 1.67. The van der Waals surface area contributed by atoms with E-state index in [0.717, 1.165) is 59.9 Å². The first-order chi connectivity index (χ1) is 12.3. The molecule has 0 amide bonds. The number of aromatic nitrogens is 2. The fraction of sp³-hybridized carbons (Fsp3) is 0.350. The Morgan fingerprint density at radius 2 is 2.04 bits per heavy atom. The van der Waals surface area contributed by atoms with Crippen molar-refractivity contribution in [1.82, 2.24) is 9.97 Å². The maximum Gasteiger partial charge on any atom is 0.144 e. The van der Waals surface area contributed by atoms with Gasteiger partial charge in [-0.25, -0.2) is 0 Å². The largest absolute Gasteiger partial charge is 0.494 e. The third-order valence-electron chi connectivity index (χ3n) is 4.25. The average molecular weight is 341 g/mol. The van der Waals surface area contributed by atoms with Crippen LogP contribution in [0.1, 0.15) is 37.8 Å². The SMILES string of the molecule is COc1cc(-c2ccc[nH]2)[nH]c1C=C1C=CC(CCCCCCF)=N1. The number of methoxy groups -OCH3 is 1. The molecule has 0 unspecified atom stereocenters. The van der Waals surface area contributed by atoms with Crippen molar-refractivity contribution in [2.75, 3.05) is 13.8 Å². The van der Waals surface area contributed by atoms with E-state index in [0.29, 0.717) is 6.42 Å². The van der Waals surface area contributed by atoms with Gasteiger partial charge in [-0.1, -0.05) is 12.8 Å². The van der Waals surface area contributed by atoms with Gasteiger partial charge in [0.1, 0.15) is 5.75 Å². The highest BCUT2D eigenvalue weighted by molar-refractivity contribution is 5.99. The fourth-order valence-electron chi connectivity index (χ4n) is 2.91. The van der Waals surface area contributed by atoms with Gasteiger partial charge in [-0.2, -0.15) is 0 Å². The number of hydrogen-bond donors (Lipinski definition) is 2. The number of hydrogen-bond acceptors (Lipinski definition) is 2. The molecule has 0 fully saturated rings. The second kappa shape index (κ2) is 8.51. The molecule has 2 aromatic rings. The van der Waals surface area contributed by atoms with E-state index >= 15 is 0 Å². The fourth-order valence-corrected chi connectivity index (χ4v) is 2.91. The molecule has 0 aliphatic carbocycles. The van der Waals surface area contributed by atoms with Crippen LogP contribution in [0.5, 0.6) is 5.75 Å². The first kappa shape index (κ1) is 17.3. The van der Waals surface area contributed by atoms with E-state index in [2.05, 4.69) is 21.0 Å². The van der Waals surface area contributed by atoms with Crippen molar-refractivity contribution < 1.29 is 9.13 Å². The van der Waals surface area contributed by atoms with Crippen molar-refractivity contribution >= 4 is 11.8 Å².